The molecule has 4 amide bonds. The van der Waals surface area contributed by atoms with Crippen molar-refractivity contribution in [2.75, 3.05) is 21.3 Å². The number of nitrogens with one attached hydrogen (secondary N) is 4. The number of carboxylic acid groups (broad SMARTS) is 2. The fourth-order valence-electron chi connectivity index (χ4n) is 6.37. The first-order valence-corrected chi connectivity index (χ1v) is 19.8. The van der Waals surface area contributed by atoms with Crippen LogP contribution in [0, 0.1) is 18.8 Å². The minimum absolute atomic E-state index is 0.00163. The summed E-state index contributed by atoms with van der Waals surface area (Å²) >= 11 is 13.9. The summed E-state index contributed by atoms with van der Waals surface area (Å²) in [6, 6.07) is 11.1. The Morgan fingerprint density at radius 1 is 0.655 bits per heavy atom. The number of thiazole rings is 2. The number of amides is 4. The van der Waals surface area contributed by atoms with Gasteiger partial charge in [0.25, 0.3) is 0 Å². The van der Waals surface area contributed by atoms with Gasteiger partial charge >= 0.3 is 24.0 Å². The first kappa shape index (κ1) is 41.3. The van der Waals surface area contributed by atoms with Crippen molar-refractivity contribution < 1.29 is 39.0 Å². The van der Waals surface area contributed by atoms with Crippen LogP contribution in [0.2, 0.25) is 8.67 Å². The van der Waals surface area contributed by atoms with E-state index in [4.69, 9.17) is 33.4 Å². The Labute approximate surface area is 334 Å². The second kappa shape index (κ2) is 19.1. The molecule has 4 aromatic rings. The van der Waals surface area contributed by atoms with Gasteiger partial charge in [0.15, 0.2) is 21.8 Å². The van der Waals surface area contributed by atoms with Crippen molar-refractivity contribution >= 4 is 103 Å². The number of rotatable bonds is 12. The van der Waals surface area contributed by atoms with Crippen LogP contribution in [0.4, 0.5) is 31.2 Å². The molecule has 2 fully saturated rings. The third-order valence-corrected chi connectivity index (χ3v) is 11.5. The molecule has 14 nitrogen and oxygen atoms in total. The number of aryl methyl sites for hydroxylation is 1. The van der Waals surface area contributed by atoms with Gasteiger partial charge in [0, 0.05) is 23.0 Å². The van der Waals surface area contributed by atoms with Crippen LogP contribution >= 0.6 is 45.9 Å². The van der Waals surface area contributed by atoms with Crippen LogP contribution in [-0.4, -0.2) is 55.7 Å². The smallest absolute Gasteiger partial charge is 0.325 e. The Bertz CT molecular complexity index is 2090. The average Bonchev–Trinajstić information content (AvgIpc) is 3.96. The molecule has 2 heterocycles. The fourth-order valence-corrected chi connectivity index (χ4v) is 8.44. The molecule has 0 unspecified atom stereocenters. The third-order valence-electron chi connectivity index (χ3n) is 8.96. The average molecular weight is 830 g/mol. The number of urea groups is 2. The number of ketones is 2. The first-order chi connectivity index (χ1) is 26.3. The molecule has 0 saturated heterocycles. The van der Waals surface area contributed by atoms with Crippen LogP contribution in [0.15, 0.2) is 42.5 Å². The number of halogens is 2. The Morgan fingerprint density at radius 2 is 1.09 bits per heavy atom. The normalized spacial score (nSPS) is 14.1. The van der Waals surface area contributed by atoms with Gasteiger partial charge in [-0.1, -0.05) is 95.3 Å². The highest BCUT2D eigenvalue weighted by molar-refractivity contribution is 7.20. The van der Waals surface area contributed by atoms with Crippen LogP contribution in [-0.2, 0) is 22.4 Å². The predicted molar refractivity (Wildman–Crippen MR) is 212 cm³/mol. The number of benzene rings is 2. The zero-order chi connectivity index (χ0) is 39.6. The number of anilines is 4. The molecule has 0 radical (unpaired) electrons. The molecule has 2 aliphatic carbocycles. The molecule has 2 aromatic heterocycles. The molecule has 290 valence electrons. The van der Waals surface area contributed by atoms with E-state index in [9.17, 15) is 28.8 Å². The van der Waals surface area contributed by atoms with E-state index in [0.29, 0.717) is 22.5 Å². The molecule has 2 aromatic carbocycles. The Morgan fingerprint density at radius 3 is 1.56 bits per heavy atom. The lowest BCUT2D eigenvalue weighted by Gasteiger charge is -2.14. The minimum Gasteiger partial charge on any atom is -0.481 e. The fraction of sp³-hybridized carbons (Fsp3) is 0.351. The van der Waals surface area contributed by atoms with Crippen LogP contribution in [0.1, 0.15) is 89.0 Å². The largest absolute Gasteiger partial charge is 0.481 e. The summed E-state index contributed by atoms with van der Waals surface area (Å²) in [5.41, 5.74) is 3.20. The second-order valence-corrected chi connectivity index (χ2v) is 16.3. The topological polar surface area (TPSA) is 217 Å². The maximum atomic E-state index is 12.9. The molecule has 2 saturated carbocycles. The molecule has 6 rings (SSSR count). The highest BCUT2D eigenvalue weighted by Gasteiger charge is 2.27. The van der Waals surface area contributed by atoms with Gasteiger partial charge in [-0.15, -0.1) is 0 Å². The number of hydrogen-bond acceptors (Lipinski definition) is 10. The van der Waals surface area contributed by atoms with Crippen molar-refractivity contribution in [3.63, 3.8) is 0 Å². The monoisotopic (exact) mass is 828 g/mol. The van der Waals surface area contributed by atoms with Gasteiger partial charge in [-0.05, 0) is 56.9 Å². The number of carbonyl (C=O) groups is 6. The Kier molecular flexibility index (Phi) is 14.3. The maximum absolute atomic E-state index is 12.9. The van der Waals surface area contributed by atoms with Gasteiger partial charge in [0.05, 0.1) is 35.6 Å². The standard InChI is InChI=1S/C19H20ClN3O4S.C18H18ClN3O4S/c1-10-6-7-13(12(8-10)16(26)11-4-2-3-5-11)21-18(27)23-19-22-14(9-15(24)25)17(20)28-19;19-16-13(9-14(23)24)21-18(27-16)22-17(26)20-12-8-4-3-7-11(12)15(25)10-5-1-2-6-10/h6-8,11H,2-5,9H2,1H3,(H,24,25)(H2,21,22,23,27);3-4,7-8,10H,1-2,5-6,9H2,(H,23,24)(H2,20,21,22,26). The third kappa shape index (κ3) is 11.6. The number of Topliss-reactive ketones (excluding diaryl/α,β-unsaturated/α-hetero) is 2. The van der Waals surface area contributed by atoms with Gasteiger partial charge < -0.3 is 20.8 Å². The van der Waals surface area contributed by atoms with Crippen LogP contribution in [0.25, 0.3) is 0 Å². The van der Waals surface area contributed by atoms with E-state index in [2.05, 4.69) is 31.2 Å². The molecule has 0 atom stereocenters. The van der Waals surface area contributed by atoms with E-state index in [-0.39, 0.29) is 66.6 Å². The molecule has 0 bridgehead atoms. The molecule has 6 N–H and O–H groups in total. The van der Waals surface area contributed by atoms with Crippen molar-refractivity contribution in [1.29, 1.82) is 0 Å². The SMILES string of the molecule is Cc1ccc(NC(=O)Nc2nc(CC(=O)O)c(Cl)s2)c(C(=O)C2CCCC2)c1.O=C(O)Cc1nc(NC(=O)Nc2ccccc2C(=O)C2CCCC2)sc1Cl. The van der Waals surface area contributed by atoms with Crippen LogP contribution < -0.4 is 21.3 Å². The summed E-state index contributed by atoms with van der Waals surface area (Å²) < 4.78 is 0.426. The van der Waals surface area contributed by atoms with Crippen LogP contribution in [0.5, 0.6) is 0 Å². The summed E-state index contributed by atoms with van der Waals surface area (Å²) in [6.07, 6.45) is 7.07. The zero-order valence-electron chi connectivity index (χ0n) is 29.6. The van der Waals surface area contributed by atoms with Crippen molar-refractivity contribution in [1.82, 2.24) is 9.97 Å². The lowest BCUT2D eigenvalue weighted by Crippen LogP contribution is -2.22. The molecular weight excluding hydrogens is 791 g/mol. The number of aliphatic carboxylic acids is 2. The summed E-state index contributed by atoms with van der Waals surface area (Å²) in [5.74, 6) is -2.01. The maximum Gasteiger partial charge on any atom is 0.325 e. The number of carboxylic acids is 2. The van der Waals surface area contributed by atoms with Crippen molar-refractivity contribution in [3.8, 4) is 0 Å². The number of para-hydroxylation sites is 1. The van der Waals surface area contributed by atoms with Gasteiger partial charge in [-0.25, -0.2) is 19.6 Å². The van der Waals surface area contributed by atoms with E-state index in [1.54, 1.807) is 36.4 Å². The van der Waals surface area contributed by atoms with Gasteiger partial charge in [-0.2, -0.15) is 0 Å². The number of hydrogen-bond donors (Lipinski definition) is 6. The van der Waals surface area contributed by atoms with Crippen molar-refractivity contribution in [2.45, 2.75) is 71.1 Å². The van der Waals surface area contributed by atoms with Gasteiger partial charge in [0.2, 0.25) is 0 Å². The summed E-state index contributed by atoms with van der Waals surface area (Å²) in [7, 11) is 0. The number of nitrogens with zero attached hydrogens (tertiary/aromatic N) is 2. The number of carbonyl (C=O) groups excluding carboxylic acids is 4. The molecular formula is C37H38Cl2N6O8S2. The number of aromatic nitrogens is 2. The first-order valence-electron chi connectivity index (χ1n) is 17.5. The summed E-state index contributed by atoms with van der Waals surface area (Å²) in [5, 5.41) is 28.5. The quantitative estimate of drug-likeness (QED) is 0.0744. The lowest BCUT2D eigenvalue weighted by atomic mass is 9.94. The van der Waals surface area contributed by atoms with Crippen LogP contribution in [0.3, 0.4) is 0 Å². The lowest BCUT2D eigenvalue weighted by molar-refractivity contribution is -0.137. The van der Waals surface area contributed by atoms with Crippen molar-refractivity contribution in [3.05, 3.63) is 79.2 Å². The molecule has 2 aliphatic rings. The van der Waals surface area contributed by atoms with E-state index < -0.39 is 24.0 Å². The van der Waals surface area contributed by atoms with Crippen molar-refractivity contribution in [2.24, 2.45) is 11.8 Å². The molecule has 18 heteroatoms. The molecule has 55 heavy (non-hydrogen) atoms. The van der Waals surface area contributed by atoms with E-state index in [1.165, 1.54) is 0 Å². The summed E-state index contributed by atoms with van der Waals surface area (Å²) in [4.78, 5) is 79.9. The Balaban J connectivity index is 0.000000211. The highest BCUT2D eigenvalue weighted by atomic mass is 35.5. The predicted octanol–water partition coefficient (Wildman–Crippen LogP) is 9.19. The Hall–Kier alpha value is -4.90. The molecule has 0 aliphatic heterocycles. The van der Waals surface area contributed by atoms with Gasteiger partial charge in [0.1, 0.15) is 8.67 Å². The van der Waals surface area contributed by atoms with E-state index in [0.717, 1.165) is 79.6 Å². The second-order valence-electron chi connectivity index (χ2n) is 13.1. The molecule has 0 spiro atoms. The van der Waals surface area contributed by atoms with E-state index in [1.807, 2.05) is 13.0 Å². The zero-order valence-corrected chi connectivity index (χ0v) is 32.7. The van der Waals surface area contributed by atoms with E-state index >= 15 is 0 Å². The highest BCUT2D eigenvalue weighted by Crippen LogP contribution is 2.33. The van der Waals surface area contributed by atoms with Gasteiger partial charge in [-0.3, -0.25) is 29.8 Å². The minimum atomic E-state index is -1.06. The summed E-state index contributed by atoms with van der Waals surface area (Å²) in [6.45, 7) is 1.90.